The van der Waals surface area contributed by atoms with Crippen LogP contribution < -0.4 is 4.74 Å². The summed E-state index contributed by atoms with van der Waals surface area (Å²) in [5.74, 6) is 0.863. The smallest absolute Gasteiger partial charge is 0.119 e. The molecule has 2 rings (SSSR count). The predicted molar refractivity (Wildman–Crippen MR) is 74.4 cm³/mol. The highest BCUT2D eigenvalue weighted by atomic mass is 16.5. The zero-order valence-electron chi connectivity index (χ0n) is 10.9. The second-order valence-corrected chi connectivity index (χ2v) is 3.33. The van der Waals surface area contributed by atoms with Crippen molar-refractivity contribution in [3.05, 3.63) is 42.1 Å². The molecule has 0 unspecified atom stereocenters. The molecule has 0 fully saturated rings. The van der Waals surface area contributed by atoms with Gasteiger partial charge in [0.15, 0.2) is 0 Å². The molecule has 0 aliphatic rings. The molecule has 0 saturated heterocycles. The van der Waals surface area contributed by atoms with E-state index in [1.54, 1.807) is 7.11 Å². The monoisotopic (exact) mass is 229 g/mol. The van der Waals surface area contributed by atoms with Gasteiger partial charge in [0, 0.05) is 11.6 Å². The second-order valence-electron chi connectivity index (χ2n) is 3.33. The molecule has 1 aromatic heterocycles. The molecular weight excluding hydrogens is 210 g/mol. The standard InChI is InChI=1S/C13H13NO.C2H6/c1-3-4-10-7-11-8-12(15-2)5-6-13(11)14-9-10;1-2/h3-9H,1-2H3;1-2H3/b4-3+;. The van der Waals surface area contributed by atoms with Crippen LogP contribution >= 0.6 is 0 Å². The number of aromatic nitrogens is 1. The second kappa shape index (κ2) is 6.69. The van der Waals surface area contributed by atoms with Crippen molar-refractivity contribution >= 4 is 17.0 Å². The first kappa shape index (κ1) is 13.2. The highest BCUT2D eigenvalue weighted by molar-refractivity contribution is 5.82. The maximum Gasteiger partial charge on any atom is 0.119 e. The molecule has 2 heteroatoms. The summed E-state index contributed by atoms with van der Waals surface area (Å²) >= 11 is 0. The topological polar surface area (TPSA) is 22.1 Å². The maximum atomic E-state index is 5.18. The first-order chi connectivity index (χ1) is 8.33. The molecule has 0 radical (unpaired) electrons. The van der Waals surface area contributed by atoms with Crippen LogP contribution in [0.5, 0.6) is 5.75 Å². The van der Waals surface area contributed by atoms with E-state index in [2.05, 4.69) is 11.1 Å². The van der Waals surface area contributed by atoms with E-state index < -0.39 is 0 Å². The number of methoxy groups -OCH3 is 1. The van der Waals surface area contributed by atoms with Crippen molar-refractivity contribution in [2.45, 2.75) is 20.8 Å². The summed E-state index contributed by atoms with van der Waals surface area (Å²) < 4.78 is 5.18. The van der Waals surface area contributed by atoms with E-state index in [4.69, 9.17) is 4.74 Å². The molecule has 1 aromatic carbocycles. The molecule has 0 aliphatic carbocycles. The number of allylic oxidation sites excluding steroid dienone is 1. The van der Waals surface area contributed by atoms with Crippen LogP contribution in [0.15, 0.2) is 36.5 Å². The van der Waals surface area contributed by atoms with Gasteiger partial charge in [0.2, 0.25) is 0 Å². The van der Waals surface area contributed by atoms with Gasteiger partial charge in [0.1, 0.15) is 5.75 Å². The molecule has 2 nitrogen and oxygen atoms in total. The number of benzene rings is 1. The normalized spacial score (nSPS) is 10.1. The molecule has 0 saturated carbocycles. The van der Waals surface area contributed by atoms with E-state index >= 15 is 0 Å². The number of hydrogen-bond donors (Lipinski definition) is 0. The van der Waals surface area contributed by atoms with E-state index in [-0.39, 0.29) is 0 Å². The Morgan fingerprint density at radius 1 is 1.18 bits per heavy atom. The highest BCUT2D eigenvalue weighted by Gasteiger charge is 1.97. The third-order valence-electron chi connectivity index (χ3n) is 2.27. The lowest BCUT2D eigenvalue weighted by Gasteiger charge is -2.02. The summed E-state index contributed by atoms with van der Waals surface area (Å²) in [4.78, 5) is 4.37. The van der Waals surface area contributed by atoms with E-state index in [9.17, 15) is 0 Å². The zero-order chi connectivity index (χ0) is 12.7. The molecule has 90 valence electrons. The van der Waals surface area contributed by atoms with Gasteiger partial charge in [-0.1, -0.05) is 26.0 Å². The number of fused-ring (bicyclic) bond motifs is 1. The van der Waals surface area contributed by atoms with E-state index in [0.29, 0.717) is 0 Å². The van der Waals surface area contributed by atoms with Gasteiger partial charge in [-0.3, -0.25) is 4.98 Å². The lowest BCUT2D eigenvalue weighted by molar-refractivity contribution is 0.415. The van der Waals surface area contributed by atoms with Gasteiger partial charge in [-0.25, -0.2) is 0 Å². The summed E-state index contributed by atoms with van der Waals surface area (Å²) in [5.41, 5.74) is 2.10. The minimum Gasteiger partial charge on any atom is -0.497 e. The predicted octanol–water partition coefficient (Wildman–Crippen LogP) is 4.30. The molecule has 0 spiro atoms. The van der Waals surface area contributed by atoms with Gasteiger partial charge in [-0.05, 0) is 36.8 Å². The fourth-order valence-corrected chi connectivity index (χ4v) is 1.54. The van der Waals surface area contributed by atoms with Crippen molar-refractivity contribution in [2.75, 3.05) is 7.11 Å². The number of ether oxygens (including phenoxy) is 1. The van der Waals surface area contributed by atoms with Gasteiger partial charge < -0.3 is 4.74 Å². The Morgan fingerprint density at radius 3 is 2.59 bits per heavy atom. The van der Waals surface area contributed by atoms with Crippen LogP contribution in [-0.4, -0.2) is 12.1 Å². The lowest BCUT2D eigenvalue weighted by Crippen LogP contribution is -1.85. The number of rotatable bonds is 2. The van der Waals surface area contributed by atoms with Crippen molar-refractivity contribution in [3.63, 3.8) is 0 Å². The summed E-state index contributed by atoms with van der Waals surface area (Å²) in [5, 5.41) is 1.10. The fraction of sp³-hybridized carbons (Fsp3) is 0.267. The van der Waals surface area contributed by atoms with Crippen LogP contribution in [0.3, 0.4) is 0 Å². The lowest BCUT2D eigenvalue weighted by atomic mass is 10.1. The highest BCUT2D eigenvalue weighted by Crippen LogP contribution is 2.20. The van der Waals surface area contributed by atoms with Gasteiger partial charge >= 0.3 is 0 Å². The summed E-state index contributed by atoms with van der Waals surface area (Å²) in [6, 6.07) is 7.98. The Morgan fingerprint density at radius 2 is 1.94 bits per heavy atom. The van der Waals surface area contributed by atoms with Crippen LogP contribution in [0, 0.1) is 0 Å². The molecule has 2 aromatic rings. The number of pyridine rings is 1. The summed E-state index contributed by atoms with van der Waals surface area (Å²) in [7, 11) is 1.67. The molecule has 17 heavy (non-hydrogen) atoms. The van der Waals surface area contributed by atoms with Crippen LogP contribution in [0.4, 0.5) is 0 Å². The molecule has 0 bridgehead atoms. The quantitative estimate of drug-likeness (QED) is 0.765. The molecule has 0 aliphatic heterocycles. The van der Waals surface area contributed by atoms with E-state index in [1.165, 1.54) is 0 Å². The summed E-state index contributed by atoms with van der Waals surface area (Å²) in [6.07, 6.45) is 5.91. The Bertz CT molecular complexity index is 503. The molecule has 0 atom stereocenters. The largest absolute Gasteiger partial charge is 0.497 e. The maximum absolute atomic E-state index is 5.18. The van der Waals surface area contributed by atoms with Crippen molar-refractivity contribution in [1.82, 2.24) is 4.98 Å². The fourth-order valence-electron chi connectivity index (χ4n) is 1.54. The molecular formula is C15H19NO. The van der Waals surface area contributed by atoms with Crippen LogP contribution in [0.1, 0.15) is 26.3 Å². The third-order valence-corrected chi connectivity index (χ3v) is 2.27. The minimum atomic E-state index is 0.863. The molecule has 1 heterocycles. The Balaban J connectivity index is 0.000000686. The Labute approximate surface area is 103 Å². The minimum absolute atomic E-state index is 0.863. The van der Waals surface area contributed by atoms with Crippen molar-refractivity contribution in [1.29, 1.82) is 0 Å². The van der Waals surface area contributed by atoms with Gasteiger partial charge in [0.05, 0.1) is 12.6 Å². The molecule has 0 N–H and O–H groups in total. The van der Waals surface area contributed by atoms with Crippen LogP contribution in [0.2, 0.25) is 0 Å². The average Bonchev–Trinajstić information content (AvgIpc) is 2.40. The van der Waals surface area contributed by atoms with Crippen molar-refractivity contribution in [3.8, 4) is 5.75 Å². The number of nitrogens with zero attached hydrogens (tertiary/aromatic N) is 1. The first-order valence-corrected chi connectivity index (χ1v) is 5.90. The number of hydrogen-bond acceptors (Lipinski definition) is 2. The van der Waals surface area contributed by atoms with Crippen molar-refractivity contribution < 1.29 is 4.74 Å². The van der Waals surface area contributed by atoms with Crippen molar-refractivity contribution in [2.24, 2.45) is 0 Å². The summed E-state index contributed by atoms with van der Waals surface area (Å²) in [6.45, 7) is 6.00. The van der Waals surface area contributed by atoms with E-state index in [0.717, 1.165) is 22.2 Å². The molecule has 0 amide bonds. The van der Waals surface area contributed by atoms with Gasteiger partial charge in [-0.2, -0.15) is 0 Å². The first-order valence-electron chi connectivity index (χ1n) is 5.90. The van der Waals surface area contributed by atoms with Crippen LogP contribution in [0.25, 0.3) is 17.0 Å². The van der Waals surface area contributed by atoms with Crippen LogP contribution in [-0.2, 0) is 0 Å². The zero-order valence-corrected chi connectivity index (χ0v) is 10.9. The van der Waals surface area contributed by atoms with Gasteiger partial charge in [-0.15, -0.1) is 0 Å². The average molecular weight is 229 g/mol. The van der Waals surface area contributed by atoms with E-state index in [1.807, 2.05) is 57.3 Å². The van der Waals surface area contributed by atoms with Gasteiger partial charge in [0.25, 0.3) is 0 Å². The SMILES string of the molecule is C/C=C/c1cnc2ccc(OC)cc2c1.CC. The third kappa shape index (κ3) is 3.31. The Hall–Kier alpha value is -1.83. The Kier molecular flexibility index (Phi) is 5.21.